The summed E-state index contributed by atoms with van der Waals surface area (Å²) in [6, 6.07) is 7.11. The predicted octanol–water partition coefficient (Wildman–Crippen LogP) is 3.52. The van der Waals surface area contributed by atoms with Gasteiger partial charge in [0, 0.05) is 37.9 Å². The van der Waals surface area contributed by atoms with E-state index in [4.69, 9.17) is 0 Å². The number of imidazole rings is 2. The summed E-state index contributed by atoms with van der Waals surface area (Å²) in [6.07, 6.45) is 11.2. The first-order valence-corrected chi connectivity index (χ1v) is 14.0. The van der Waals surface area contributed by atoms with Gasteiger partial charge in [-0.3, -0.25) is 4.90 Å². The van der Waals surface area contributed by atoms with E-state index in [1.165, 1.54) is 0 Å². The number of nitrogens with one attached hydrogen (secondary N) is 3. The van der Waals surface area contributed by atoms with Gasteiger partial charge < -0.3 is 14.9 Å². The van der Waals surface area contributed by atoms with Crippen molar-refractivity contribution >= 4 is 10.0 Å². The number of hydrogen-bond acceptors (Lipinski definition) is 6. The van der Waals surface area contributed by atoms with Gasteiger partial charge in [-0.2, -0.15) is 0 Å². The van der Waals surface area contributed by atoms with Crippen LogP contribution in [-0.2, 0) is 29.7 Å². The van der Waals surface area contributed by atoms with Gasteiger partial charge in [0.25, 0.3) is 0 Å². The molecule has 0 unspecified atom stereocenters. The second-order valence-electron chi connectivity index (χ2n) is 8.81. The van der Waals surface area contributed by atoms with E-state index in [1.807, 2.05) is 12.1 Å². The number of rotatable bonds is 17. The Morgan fingerprint density at radius 2 is 1.40 bits per heavy atom. The lowest BCUT2D eigenvalue weighted by Gasteiger charge is -2.21. The maximum Gasteiger partial charge on any atom is 0.240 e. The minimum atomic E-state index is -3.52. The van der Waals surface area contributed by atoms with Gasteiger partial charge in [-0.05, 0) is 63.0 Å². The maximum atomic E-state index is 12.7. The molecule has 0 aliphatic carbocycles. The zero-order valence-corrected chi connectivity index (χ0v) is 21.7. The number of benzene rings is 1. The Bertz CT molecular complexity index is 1010. The Balaban J connectivity index is 1.51. The minimum absolute atomic E-state index is 0.295. The van der Waals surface area contributed by atoms with Gasteiger partial charge in [0.1, 0.15) is 11.6 Å². The minimum Gasteiger partial charge on any atom is -0.348 e. The smallest absolute Gasteiger partial charge is 0.240 e. The van der Waals surface area contributed by atoms with E-state index in [9.17, 15) is 8.42 Å². The SMILES string of the molecule is CCCN(CCC)CCCCNS(=O)(=O)c1ccc(CN(Cc2ncc[nH]2)Cc2ncc[nH]2)cc1. The molecular formula is C25H39N7O2S. The van der Waals surface area contributed by atoms with Crippen LogP contribution in [0.5, 0.6) is 0 Å². The van der Waals surface area contributed by atoms with Gasteiger partial charge in [0.15, 0.2) is 0 Å². The molecule has 0 radical (unpaired) electrons. The molecule has 2 heterocycles. The van der Waals surface area contributed by atoms with Gasteiger partial charge >= 0.3 is 0 Å². The van der Waals surface area contributed by atoms with Crippen molar-refractivity contribution in [3.8, 4) is 0 Å². The molecule has 0 bridgehead atoms. The summed E-state index contributed by atoms with van der Waals surface area (Å²) >= 11 is 0. The third-order valence-electron chi connectivity index (χ3n) is 5.77. The lowest BCUT2D eigenvalue weighted by molar-refractivity contribution is 0.236. The highest BCUT2D eigenvalue weighted by Crippen LogP contribution is 2.15. The van der Waals surface area contributed by atoms with Crippen LogP contribution in [0.15, 0.2) is 53.9 Å². The quantitative estimate of drug-likeness (QED) is 0.244. The average Bonchev–Trinajstić information content (AvgIpc) is 3.54. The molecule has 192 valence electrons. The van der Waals surface area contributed by atoms with Crippen molar-refractivity contribution in [3.63, 3.8) is 0 Å². The van der Waals surface area contributed by atoms with Crippen LogP contribution in [0.25, 0.3) is 0 Å². The molecule has 0 fully saturated rings. The standard InChI is InChI=1S/C25H39N7O2S/c1-3-16-31(17-4-2)18-6-5-11-30-35(33,34)23-9-7-22(8-10-23)19-32(20-24-26-12-13-27-24)21-25-28-14-15-29-25/h7-10,12-15,30H,3-6,11,16-21H2,1-2H3,(H,26,27)(H,28,29). The summed E-state index contributed by atoms with van der Waals surface area (Å²) < 4.78 is 28.2. The van der Waals surface area contributed by atoms with E-state index < -0.39 is 10.0 Å². The van der Waals surface area contributed by atoms with Gasteiger partial charge in [0.2, 0.25) is 10.0 Å². The molecular weight excluding hydrogens is 462 g/mol. The van der Waals surface area contributed by atoms with Crippen molar-refractivity contribution in [2.75, 3.05) is 26.2 Å². The summed E-state index contributed by atoms with van der Waals surface area (Å²) in [4.78, 5) is 19.9. The van der Waals surface area contributed by atoms with Gasteiger partial charge in [-0.1, -0.05) is 26.0 Å². The van der Waals surface area contributed by atoms with Crippen molar-refractivity contribution in [3.05, 3.63) is 66.3 Å². The second kappa shape index (κ2) is 14.1. The zero-order valence-electron chi connectivity index (χ0n) is 20.9. The molecule has 1 aromatic carbocycles. The molecule has 3 N–H and O–H groups in total. The Kier molecular flexibility index (Phi) is 10.9. The first kappa shape index (κ1) is 27.1. The molecule has 35 heavy (non-hydrogen) atoms. The molecule has 0 aliphatic rings. The van der Waals surface area contributed by atoms with Crippen LogP contribution in [0, 0.1) is 0 Å². The Morgan fingerprint density at radius 1 is 0.800 bits per heavy atom. The largest absolute Gasteiger partial charge is 0.348 e. The summed E-state index contributed by atoms with van der Waals surface area (Å²) in [5.74, 6) is 1.74. The van der Waals surface area contributed by atoms with Crippen LogP contribution in [0.2, 0.25) is 0 Å². The normalized spacial score (nSPS) is 12.1. The average molecular weight is 502 g/mol. The lowest BCUT2D eigenvalue weighted by atomic mass is 10.2. The summed E-state index contributed by atoms with van der Waals surface area (Å²) in [7, 11) is -3.52. The van der Waals surface area contributed by atoms with E-state index in [0.717, 1.165) is 62.5 Å². The Morgan fingerprint density at radius 3 is 1.91 bits per heavy atom. The number of unbranched alkanes of at least 4 members (excludes halogenated alkanes) is 1. The van der Waals surface area contributed by atoms with Crippen LogP contribution in [-0.4, -0.2) is 64.3 Å². The monoisotopic (exact) mass is 501 g/mol. The van der Waals surface area contributed by atoms with Crippen LogP contribution >= 0.6 is 0 Å². The Labute approximate surface area is 209 Å². The number of aromatic amines is 2. The van der Waals surface area contributed by atoms with Crippen LogP contribution in [0.3, 0.4) is 0 Å². The van der Waals surface area contributed by atoms with E-state index in [0.29, 0.717) is 31.1 Å². The summed E-state index contributed by atoms with van der Waals surface area (Å²) in [6.45, 7) is 9.96. The van der Waals surface area contributed by atoms with Crippen molar-refractivity contribution in [2.45, 2.75) is 64.1 Å². The first-order chi connectivity index (χ1) is 17.0. The van der Waals surface area contributed by atoms with Crippen molar-refractivity contribution in [2.24, 2.45) is 0 Å². The summed E-state index contributed by atoms with van der Waals surface area (Å²) in [5.41, 5.74) is 1.02. The molecule has 3 rings (SSSR count). The first-order valence-electron chi connectivity index (χ1n) is 12.5. The fourth-order valence-corrected chi connectivity index (χ4v) is 5.18. The van der Waals surface area contributed by atoms with E-state index in [-0.39, 0.29) is 0 Å². The van der Waals surface area contributed by atoms with E-state index >= 15 is 0 Å². The molecule has 2 aromatic heterocycles. The van der Waals surface area contributed by atoms with Crippen LogP contribution in [0.4, 0.5) is 0 Å². The second-order valence-corrected chi connectivity index (χ2v) is 10.6. The fourth-order valence-electron chi connectivity index (χ4n) is 4.11. The van der Waals surface area contributed by atoms with Crippen LogP contribution < -0.4 is 4.72 Å². The number of H-pyrrole nitrogens is 2. The topological polar surface area (TPSA) is 110 Å². The van der Waals surface area contributed by atoms with Crippen molar-refractivity contribution in [1.82, 2.24) is 34.5 Å². The predicted molar refractivity (Wildman–Crippen MR) is 138 cm³/mol. The third-order valence-corrected chi connectivity index (χ3v) is 7.25. The van der Waals surface area contributed by atoms with Gasteiger partial charge in [0.05, 0.1) is 18.0 Å². The van der Waals surface area contributed by atoms with Gasteiger partial charge in [-0.15, -0.1) is 0 Å². The molecule has 9 nitrogen and oxygen atoms in total. The van der Waals surface area contributed by atoms with Gasteiger partial charge in [-0.25, -0.2) is 23.1 Å². The summed E-state index contributed by atoms with van der Waals surface area (Å²) in [5, 5.41) is 0. The lowest BCUT2D eigenvalue weighted by Crippen LogP contribution is -2.28. The highest BCUT2D eigenvalue weighted by atomic mass is 32.2. The van der Waals surface area contributed by atoms with E-state index in [2.05, 4.69) is 48.3 Å². The molecule has 3 aromatic rings. The molecule has 0 aliphatic heterocycles. The van der Waals surface area contributed by atoms with Crippen LogP contribution in [0.1, 0.15) is 56.7 Å². The number of aromatic nitrogens is 4. The number of nitrogens with zero attached hydrogens (tertiary/aromatic N) is 4. The molecule has 0 atom stereocenters. The molecule has 0 saturated carbocycles. The maximum absolute atomic E-state index is 12.7. The Hall–Kier alpha value is -2.53. The highest BCUT2D eigenvalue weighted by molar-refractivity contribution is 7.89. The molecule has 0 saturated heterocycles. The highest BCUT2D eigenvalue weighted by Gasteiger charge is 2.15. The third kappa shape index (κ3) is 9.21. The number of sulfonamides is 1. The molecule has 0 amide bonds. The molecule has 0 spiro atoms. The van der Waals surface area contributed by atoms with Crippen molar-refractivity contribution < 1.29 is 8.42 Å². The van der Waals surface area contributed by atoms with Crippen molar-refractivity contribution in [1.29, 1.82) is 0 Å². The number of hydrogen-bond donors (Lipinski definition) is 3. The fraction of sp³-hybridized carbons (Fsp3) is 0.520. The zero-order chi connectivity index (χ0) is 24.9. The van der Waals surface area contributed by atoms with E-state index in [1.54, 1.807) is 36.9 Å². The molecule has 10 heteroatoms.